The number of aryl methyl sites for hydroxylation is 1. The van der Waals surface area contributed by atoms with Gasteiger partial charge in [-0.05, 0) is 45.4 Å². The zero-order valence-corrected chi connectivity index (χ0v) is 11.7. The van der Waals surface area contributed by atoms with Crippen molar-refractivity contribution in [3.63, 3.8) is 0 Å². The summed E-state index contributed by atoms with van der Waals surface area (Å²) in [6.07, 6.45) is 5.99. The van der Waals surface area contributed by atoms with Gasteiger partial charge >= 0.3 is 5.97 Å². The van der Waals surface area contributed by atoms with E-state index in [1.54, 1.807) is 11.3 Å². The van der Waals surface area contributed by atoms with E-state index in [0.29, 0.717) is 0 Å². The molecule has 3 aliphatic rings. The van der Waals surface area contributed by atoms with Crippen molar-refractivity contribution in [3.8, 4) is 0 Å². The molecule has 1 aromatic heterocycles. The van der Waals surface area contributed by atoms with Crippen LogP contribution in [0.5, 0.6) is 0 Å². The number of methoxy groups -OCH3 is 1. The third-order valence-corrected chi connectivity index (χ3v) is 5.93. The van der Waals surface area contributed by atoms with Gasteiger partial charge in [-0.25, -0.2) is 0 Å². The smallest absolute Gasteiger partial charge is 0.311 e. The molecular formula is C13H18N2O2S. The molecule has 98 valence electrons. The van der Waals surface area contributed by atoms with Crippen molar-refractivity contribution in [2.24, 2.45) is 5.41 Å². The first-order valence-corrected chi connectivity index (χ1v) is 7.31. The van der Waals surface area contributed by atoms with E-state index in [1.165, 1.54) is 12.1 Å². The molecular weight excluding hydrogens is 248 g/mol. The number of esters is 1. The summed E-state index contributed by atoms with van der Waals surface area (Å²) in [4.78, 5) is 11.9. The van der Waals surface area contributed by atoms with E-state index in [-0.39, 0.29) is 16.8 Å². The van der Waals surface area contributed by atoms with Crippen LogP contribution in [0.15, 0.2) is 0 Å². The monoisotopic (exact) mass is 266 g/mol. The van der Waals surface area contributed by atoms with Crippen molar-refractivity contribution < 1.29 is 9.53 Å². The zero-order valence-electron chi connectivity index (χ0n) is 10.9. The van der Waals surface area contributed by atoms with Crippen molar-refractivity contribution in [1.82, 2.24) is 10.2 Å². The molecule has 3 fully saturated rings. The molecule has 18 heavy (non-hydrogen) atoms. The van der Waals surface area contributed by atoms with E-state index in [1.807, 2.05) is 6.92 Å². The lowest BCUT2D eigenvalue weighted by atomic mass is 9.54. The minimum absolute atomic E-state index is 0.00996. The number of rotatable bonds is 2. The van der Waals surface area contributed by atoms with Crippen molar-refractivity contribution in [3.05, 3.63) is 10.0 Å². The van der Waals surface area contributed by atoms with Crippen molar-refractivity contribution in [2.75, 3.05) is 7.11 Å². The van der Waals surface area contributed by atoms with Crippen LogP contribution in [0.3, 0.4) is 0 Å². The Balaban J connectivity index is 1.85. The summed E-state index contributed by atoms with van der Waals surface area (Å²) in [7, 11) is 1.50. The minimum atomic E-state index is -0.198. The second kappa shape index (κ2) is 4.02. The molecule has 0 unspecified atom stereocenters. The lowest BCUT2D eigenvalue weighted by Crippen LogP contribution is -2.48. The molecule has 4 nitrogen and oxygen atoms in total. The summed E-state index contributed by atoms with van der Waals surface area (Å²) in [6.45, 7) is 2.00. The van der Waals surface area contributed by atoms with Crippen LogP contribution in [-0.2, 0) is 14.9 Å². The highest BCUT2D eigenvalue weighted by Crippen LogP contribution is 2.58. The summed E-state index contributed by atoms with van der Waals surface area (Å²) in [5.74, 6) is -0.00996. The fourth-order valence-corrected chi connectivity index (χ4v) is 4.51. The zero-order chi connectivity index (χ0) is 12.8. The maximum atomic E-state index is 11.9. The largest absolute Gasteiger partial charge is 0.469 e. The summed E-state index contributed by atoms with van der Waals surface area (Å²) in [5.41, 5.74) is -0.00205. The molecule has 0 atom stereocenters. The second-order valence-electron chi connectivity index (χ2n) is 5.68. The molecule has 0 N–H and O–H groups in total. The van der Waals surface area contributed by atoms with Gasteiger partial charge in [0.05, 0.1) is 12.5 Å². The normalized spacial score (nSPS) is 34.6. The second-order valence-corrected chi connectivity index (χ2v) is 6.86. The first-order valence-electron chi connectivity index (χ1n) is 6.49. The number of carbonyl (C=O) groups is 1. The van der Waals surface area contributed by atoms with Gasteiger partial charge in [-0.1, -0.05) is 0 Å². The van der Waals surface area contributed by atoms with Crippen LogP contribution >= 0.6 is 11.3 Å². The molecule has 3 aliphatic carbocycles. The topological polar surface area (TPSA) is 52.1 Å². The van der Waals surface area contributed by atoms with Crippen LogP contribution in [0.1, 0.15) is 48.5 Å². The Hall–Kier alpha value is -0.970. The third kappa shape index (κ3) is 1.60. The van der Waals surface area contributed by atoms with E-state index in [4.69, 9.17) is 4.74 Å². The SMILES string of the molecule is COC(=O)C12CCC(c3nnc(C)s3)(CC1)CC2. The highest BCUT2D eigenvalue weighted by atomic mass is 32.1. The lowest BCUT2D eigenvalue weighted by molar-refractivity contribution is -0.160. The number of hydrogen-bond donors (Lipinski definition) is 0. The van der Waals surface area contributed by atoms with Crippen LogP contribution in [0, 0.1) is 12.3 Å². The highest BCUT2D eigenvalue weighted by molar-refractivity contribution is 7.11. The van der Waals surface area contributed by atoms with E-state index >= 15 is 0 Å². The number of aromatic nitrogens is 2. The summed E-state index contributed by atoms with van der Waals surface area (Å²) < 4.78 is 4.99. The van der Waals surface area contributed by atoms with Gasteiger partial charge in [0.2, 0.25) is 0 Å². The Bertz CT molecular complexity index is 459. The fourth-order valence-electron chi connectivity index (χ4n) is 3.54. The predicted molar refractivity (Wildman–Crippen MR) is 68.5 cm³/mol. The van der Waals surface area contributed by atoms with Crippen LogP contribution in [-0.4, -0.2) is 23.3 Å². The summed E-state index contributed by atoms with van der Waals surface area (Å²) in [6, 6.07) is 0. The van der Waals surface area contributed by atoms with Crippen LogP contribution in [0.25, 0.3) is 0 Å². The first-order chi connectivity index (χ1) is 8.60. The van der Waals surface area contributed by atoms with Gasteiger partial charge < -0.3 is 4.74 Å². The highest BCUT2D eigenvalue weighted by Gasteiger charge is 2.54. The average molecular weight is 266 g/mol. The van der Waals surface area contributed by atoms with Crippen molar-refractivity contribution in [1.29, 1.82) is 0 Å². The standard InChI is InChI=1S/C13H18N2O2S/c1-9-14-15-10(18-9)12-3-6-13(7-4-12,8-5-12)11(16)17-2/h3-8H2,1-2H3. The molecule has 0 amide bonds. The van der Waals surface area contributed by atoms with E-state index < -0.39 is 0 Å². The fraction of sp³-hybridized carbons (Fsp3) is 0.769. The van der Waals surface area contributed by atoms with Crippen LogP contribution in [0.4, 0.5) is 0 Å². The van der Waals surface area contributed by atoms with Gasteiger partial charge in [0.1, 0.15) is 10.0 Å². The van der Waals surface area contributed by atoms with Gasteiger partial charge in [-0.3, -0.25) is 4.79 Å². The maximum absolute atomic E-state index is 11.9. The number of hydrogen-bond acceptors (Lipinski definition) is 5. The van der Waals surface area contributed by atoms with Gasteiger partial charge in [-0.15, -0.1) is 21.5 Å². The van der Waals surface area contributed by atoms with E-state index in [0.717, 1.165) is 43.5 Å². The molecule has 1 aromatic rings. The molecule has 1 heterocycles. The number of nitrogens with zero attached hydrogens (tertiary/aromatic N) is 2. The van der Waals surface area contributed by atoms with Crippen LogP contribution in [0.2, 0.25) is 0 Å². The van der Waals surface area contributed by atoms with Gasteiger partial charge in [0.25, 0.3) is 0 Å². The lowest BCUT2D eigenvalue weighted by Gasteiger charge is -2.50. The quantitative estimate of drug-likeness (QED) is 0.772. The Morgan fingerprint density at radius 1 is 1.17 bits per heavy atom. The maximum Gasteiger partial charge on any atom is 0.311 e. The van der Waals surface area contributed by atoms with Gasteiger partial charge in [-0.2, -0.15) is 0 Å². The molecule has 3 saturated carbocycles. The molecule has 0 radical (unpaired) electrons. The van der Waals surface area contributed by atoms with Crippen LogP contribution < -0.4 is 0 Å². The summed E-state index contributed by atoms with van der Waals surface area (Å²) in [5, 5.41) is 10.7. The Kier molecular flexibility index (Phi) is 2.70. The first kappa shape index (κ1) is 12.1. The van der Waals surface area contributed by atoms with Crippen molar-refractivity contribution >= 4 is 17.3 Å². The Labute approximate surface area is 111 Å². The van der Waals surface area contributed by atoms with Gasteiger partial charge in [0.15, 0.2) is 0 Å². The molecule has 0 aliphatic heterocycles. The van der Waals surface area contributed by atoms with E-state index in [2.05, 4.69) is 10.2 Å². The summed E-state index contributed by atoms with van der Waals surface area (Å²) >= 11 is 1.72. The number of ether oxygens (including phenoxy) is 1. The molecule has 2 bridgehead atoms. The Morgan fingerprint density at radius 2 is 1.78 bits per heavy atom. The Morgan fingerprint density at radius 3 is 2.22 bits per heavy atom. The average Bonchev–Trinajstić information content (AvgIpc) is 2.87. The molecule has 0 saturated heterocycles. The number of fused-ring (bicyclic) bond motifs is 3. The minimum Gasteiger partial charge on any atom is -0.469 e. The third-order valence-electron chi connectivity index (χ3n) is 4.84. The van der Waals surface area contributed by atoms with E-state index in [9.17, 15) is 4.79 Å². The van der Waals surface area contributed by atoms with Crippen molar-refractivity contribution in [2.45, 2.75) is 50.9 Å². The number of carbonyl (C=O) groups excluding carboxylic acids is 1. The molecule has 5 heteroatoms. The molecule has 0 spiro atoms. The molecule has 0 aromatic carbocycles. The van der Waals surface area contributed by atoms with Gasteiger partial charge in [0, 0.05) is 5.41 Å². The predicted octanol–water partition coefficient (Wildman–Crippen LogP) is 2.61. The molecule has 4 rings (SSSR count).